The summed E-state index contributed by atoms with van der Waals surface area (Å²) in [5.41, 5.74) is 0. The summed E-state index contributed by atoms with van der Waals surface area (Å²) in [6, 6.07) is 0.271. The molecule has 15 heavy (non-hydrogen) atoms. The molecule has 0 saturated heterocycles. The average Bonchev–Trinajstić information content (AvgIpc) is 2.00. The Morgan fingerprint density at radius 3 is 2.33 bits per heavy atom. The van der Waals surface area contributed by atoms with Crippen LogP contribution >= 0.6 is 0 Å². The minimum absolute atomic E-state index is 0.204. The van der Waals surface area contributed by atoms with Crippen molar-refractivity contribution in [1.29, 1.82) is 0 Å². The fourth-order valence-electron chi connectivity index (χ4n) is 0.906. The Kier molecular flexibility index (Phi) is 6.31. The first-order valence-corrected chi connectivity index (χ1v) is 4.88. The van der Waals surface area contributed by atoms with Crippen LogP contribution in [-0.2, 0) is 4.79 Å². The maximum atomic E-state index is 11.7. The monoisotopic (exact) mass is 226 g/mol. The van der Waals surface area contributed by atoms with E-state index in [1.165, 1.54) is 0 Å². The first-order valence-electron chi connectivity index (χ1n) is 4.88. The van der Waals surface area contributed by atoms with Crippen molar-refractivity contribution in [2.45, 2.75) is 38.9 Å². The van der Waals surface area contributed by atoms with Crippen LogP contribution in [0.5, 0.6) is 0 Å². The normalized spacial score (nSPS) is 11.9. The minimum atomic E-state index is -4.20. The Labute approximate surface area is 87.4 Å². The van der Waals surface area contributed by atoms with Gasteiger partial charge < -0.3 is 10.6 Å². The standard InChI is InChI=1S/C9H17F3N2O/c1-7(2)13-5-3-8(15)14-6-4-9(10,11)12/h7,13H,3-6H2,1-2H3,(H,14,15). The predicted molar refractivity (Wildman–Crippen MR) is 51.4 cm³/mol. The second-order valence-corrected chi connectivity index (χ2v) is 3.57. The molecule has 0 aliphatic rings. The molecule has 0 rings (SSSR count). The zero-order chi connectivity index (χ0) is 11.9. The molecule has 0 aromatic rings. The number of alkyl halides is 3. The molecule has 2 N–H and O–H groups in total. The van der Waals surface area contributed by atoms with Crippen molar-refractivity contribution in [1.82, 2.24) is 10.6 Å². The molecule has 0 radical (unpaired) electrons. The lowest BCUT2D eigenvalue weighted by Crippen LogP contribution is -2.32. The fourth-order valence-corrected chi connectivity index (χ4v) is 0.906. The summed E-state index contributed by atoms with van der Waals surface area (Å²) in [6.07, 6.45) is -4.98. The molecule has 0 saturated carbocycles. The molecule has 1 amide bonds. The van der Waals surface area contributed by atoms with Crippen molar-refractivity contribution in [2.24, 2.45) is 0 Å². The van der Waals surface area contributed by atoms with Gasteiger partial charge in [0.15, 0.2) is 0 Å². The van der Waals surface area contributed by atoms with E-state index in [-0.39, 0.29) is 24.9 Å². The van der Waals surface area contributed by atoms with E-state index in [9.17, 15) is 18.0 Å². The molecule has 0 heterocycles. The van der Waals surface area contributed by atoms with E-state index < -0.39 is 12.6 Å². The van der Waals surface area contributed by atoms with Crippen molar-refractivity contribution in [2.75, 3.05) is 13.1 Å². The summed E-state index contributed by atoms with van der Waals surface area (Å²) in [4.78, 5) is 11.0. The highest BCUT2D eigenvalue weighted by molar-refractivity contribution is 5.75. The number of nitrogens with one attached hydrogen (secondary N) is 2. The number of hydrogen-bond donors (Lipinski definition) is 2. The molecule has 0 unspecified atom stereocenters. The van der Waals surface area contributed by atoms with Crippen molar-refractivity contribution >= 4 is 5.91 Å². The molecule has 90 valence electrons. The van der Waals surface area contributed by atoms with Gasteiger partial charge in [-0.05, 0) is 0 Å². The molecule has 0 aromatic heterocycles. The van der Waals surface area contributed by atoms with Gasteiger partial charge in [-0.3, -0.25) is 4.79 Å². The lowest BCUT2D eigenvalue weighted by atomic mass is 10.3. The van der Waals surface area contributed by atoms with Crippen LogP contribution in [0.15, 0.2) is 0 Å². The number of amides is 1. The van der Waals surface area contributed by atoms with Crippen molar-refractivity contribution in [3.63, 3.8) is 0 Å². The fraction of sp³-hybridized carbons (Fsp3) is 0.889. The Hall–Kier alpha value is -0.780. The third kappa shape index (κ3) is 11.1. The van der Waals surface area contributed by atoms with Gasteiger partial charge in [0.1, 0.15) is 0 Å². The first-order chi connectivity index (χ1) is 6.81. The molecule has 6 heteroatoms. The maximum Gasteiger partial charge on any atom is 0.390 e. The van der Waals surface area contributed by atoms with Crippen LogP contribution in [0.25, 0.3) is 0 Å². The SMILES string of the molecule is CC(C)NCCC(=O)NCCC(F)(F)F. The van der Waals surface area contributed by atoms with Gasteiger partial charge in [-0.25, -0.2) is 0 Å². The molecule has 0 bridgehead atoms. The zero-order valence-electron chi connectivity index (χ0n) is 8.95. The number of rotatable bonds is 6. The van der Waals surface area contributed by atoms with Crippen LogP contribution in [-0.4, -0.2) is 31.2 Å². The van der Waals surface area contributed by atoms with Gasteiger partial charge in [0, 0.05) is 25.6 Å². The number of carbonyl (C=O) groups excluding carboxylic acids is 1. The Morgan fingerprint density at radius 1 is 1.27 bits per heavy atom. The molecule has 0 spiro atoms. The molecule has 0 aliphatic carbocycles. The number of carbonyl (C=O) groups is 1. The van der Waals surface area contributed by atoms with Crippen LogP contribution in [0.2, 0.25) is 0 Å². The van der Waals surface area contributed by atoms with Crippen molar-refractivity contribution in [3.05, 3.63) is 0 Å². The van der Waals surface area contributed by atoms with Crippen LogP contribution in [0.4, 0.5) is 13.2 Å². The molecule has 0 atom stereocenters. The Bertz CT molecular complexity index is 192. The van der Waals surface area contributed by atoms with E-state index in [1.807, 2.05) is 13.8 Å². The third-order valence-corrected chi connectivity index (χ3v) is 1.64. The second-order valence-electron chi connectivity index (χ2n) is 3.57. The lowest BCUT2D eigenvalue weighted by Gasteiger charge is -2.09. The highest BCUT2D eigenvalue weighted by Crippen LogP contribution is 2.17. The van der Waals surface area contributed by atoms with Gasteiger partial charge in [0.05, 0.1) is 6.42 Å². The summed E-state index contributed by atoms with van der Waals surface area (Å²) in [5.74, 6) is -0.354. The maximum absolute atomic E-state index is 11.7. The average molecular weight is 226 g/mol. The largest absolute Gasteiger partial charge is 0.390 e. The van der Waals surface area contributed by atoms with E-state index in [4.69, 9.17) is 0 Å². The van der Waals surface area contributed by atoms with E-state index in [2.05, 4.69) is 10.6 Å². The van der Waals surface area contributed by atoms with Crippen LogP contribution < -0.4 is 10.6 Å². The van der Waals surface area contributed by atoms with Gasteiger partial charge in [-0.1, -0.05) is 13.8 Å². The van der Waals surface area contributed by atoms with Crippen molar-refractivity contribution in [3.8, 4) is 0 Å². The van der Waals surface area contributed by atoms with Crippen LogP contribution in [0.3, 0.4) is 0 Å². The number of hydrogen-bond acceptors (Lipinski definition) is 2. The Balaban J connectivity index is 3.42. The van der Waals surface area contributed by atoms with E-state index >= 15 is 0 Å². The van der Waals surface area contributed by atoms with Gasteiger partial charge in [0.25, 0.3) is 0 Å². The predicted octanol–water partition coefficient (Wildman–Crippen LogP) is 1.44. The topological polar surface area (TPSA) is 41.1 Å². The van der Waals surface area contributed by atoms with Crippen LogP contribution in [0.1, 0.15) is 26.7 Å². The summed E-state index contributed by atoms with van der Waals surface area (Å²) in [7, 11) is 0. The van der Waals surface area contributed by atoms with E-state index in [1.54, 1.807) is 0 Å². The zero-order valence-corrected chi connectivity index (χ0v) is 8.95. The Morgan fingerprint density at radius 2 is 1.87 bits per heavy atom. The molecule has 0 aliphatic heterocycles. The van der Waals surface area contributed by atoms with Gasteiger partial charge >= 0.3 is 6.18 Å². The highest BCUT2D eigenvalue weighted by atomic mass is 19.4. The quantitative estimate of drug-likeness (QED) is 0.719. The summed E-state index contributed by atoms with van der Waals surface area (Å²) >= 11 is 0. The van der Waals surface area contributed by atoms with Crippen molar-refractivity contribution < 1.29 is 18.0 Å². The summed E-state index contributed by atoms with van der Waals surface area (Å²) < 4.78 is 35.1. The first kappa shape index (κ1) is 14.2. The number of halogens is 3. The highest BCUT2D eigenvalue weighted by Gasteiger charge is 2.26. The van der Waals surface area contributed by atoms with E-state index in [0.29, 0.717) is 6.54 Å². The molecule has 0 fully saturated rings. The van der Waals surface area contributed by atoms with Crippen LogP contribution in [0, 0.1) is 0 Å². The van der Waals surface area contributed by atoms with E-state index in [0.717, 1.165) is 0 Å². The molecular formula is C9H17F3N2O. The molecular weight excluding hydrogens is 209 g/mol. The smallest absolute Gasteiger partial charge is 0.356 e. The molecule has 3 nitrogen and oxygen atoms in total. The minimum Gasteiger partial charge on any atom is -0.356 e. The third-order valence-electron chi connectivity index (χ3n) is 1.64. The lowest BCUT2D eigenvalue weighted by molar-refractivity contribution is -0.135. The molecule has 0 aromatic carbocycles. The summed E-state index contributed by atoms with van der Waals surface area (Å²) in [5, 5.41) is 5.21. The van der Waals surface area contributed by atoms with Gasteiger partial charge in [-0.2, -0.15) is 13.2 Å². The second kappa shape index (κ2) is 6.66. The summed E-state index contributed by atoms with van der Waals surface area (Å²) in [6.45, 7) is 4.00. The van der Waals surface area contributed by atoms with Gasteiger partial charge in [0.2, 0.25) is 5.91 Å². The van der Waals surface area contributed by atoms with Gasteiger partial charge in [-0.15, -0.1) is 0 Å².